The molecule has 2 fully saturated rings. The summed E-state index contributed by atoms with van der Waals surface area (Å²) in [7, 11) is -2.87. The van der Waals surface area contributed by atoms with E-state index in [0.29, 0.717) is 12.1 Å². The Hall–Kier alpha value is -0.0900. The Morgan fingerprint density at radius 1 is 1.14 bits per heavy atom. The molecule has 0 aliphatic carbocycles. The van der Waals surface area contributed by atoms with Gasteiger partial charge in [-0.1, -0.05) is 0 Å². The van der Waals surface area contributed by atoms with Crippen LogP contribution in [0, 0.1) is 0 Å². The van der Waals surface area contributed by atoms with Gasteiger partial charge in [0, 0.05) is 12.1 Å². The van der Waals surface area contributed by atoms with Gasteiger partial charge in [0.25, 0.3) is 0 Å². The summed E-state index contributed by atoms with van der Waals surface area (Å²) in [6, 6.07) is 0.930. The monoisotopic (exact) mass is 217 g/mol. The zero-order valence-electron chi connectivity index (χ0n) is 8.86. The number of nitrogens with one attached hydrogen (secondary N) is 1. The minimum absolute atomic E-state index is 0.0822. The highest BCUT2D eigenvalue weighted by atomic mass is 32.2. The van der Waals surface area contributed by atoms with Crippen LogP contribution in [-0.4, -0.2) is 31.0 Å². The molecule has 2 aliphatic rings. The van der Waals surface area contributed by atoms with Crippen LogP contribution in [0.4, 0.5) is 0 Å². The first-order valence-electron chi connectivity index (χ1n) is 5.49. The van der Waals surface area contributed by atoms with Gasteiger partial charge in [-0.05, 0) is 39.5 Å². The average molecular weight is 217 g/mol. The summed E-state index contributed by atoms with van der Waals surface area (Å²) >= 11 is 0. The lowest BCUT2D eigenvalue weighted by molar-refractivity contribution is 0.399. The third kappa shape index (κ3) is 1.70. The fourth-order valence-corrected chi connectivity index (χ4v) is 4.43. The largest absolute Gasteiger partial charge is 0.311 e. The molecule has 14 heavy (non-hydrogen) atoms. The van der Waals surface area contributed by atoms with Crippen molar-refractivity contribution in [2.24, 2.45) is 0 Å². The first-order valence-corrected chi connectivity index (χ1v) is 7.10. The topological polar surface area (TPSA) is 46.2 Å². The van der Waals surface area contributed by atoms with E-state index in [-0.39, 0.29) is 10.5 Å². The van der Waals surface area contributed by atoms with Crippen LogP contribution in [0.1, 0.15) is 39.5 Å². The van der Waals surface area contributed by atoms with E-state index < -0.39 is 9.84 Å². The van der Waals surface area contributed by atoms with Crippen LogP contribution in [-0.2, 0) is 9.84 Å². The molecule has 3 nitrogen and oxygen atoms in total. The Labute approximate surface area is 86.2 Å². The summed E-state index contributed by atoms with van der Waals surface area (Å²) in [4.78, 5) is 0. The smallest absolute Gasteiger partial charge is 0.155 e. The normalized spacial score (nSPS) is 37.8. The maximum absolute atomic E-state index is 12.0. The molecule has 2 rings (SSSR count). The molecule has 2 aliphatic heterocycles. The molecular weight excluding hydrogens is 198 g/mol. The molecule has 2 saturated heterocycles. The number of hydrogen-bond donors (Lipinski definition) is 1. The summed E-state index contributed by atoms with van der Waals surface area (Å²) in [6.45, 7) is 3.58. The molecule has 1 N–H and O–H groups in total. The maximum atomic E-state index is 12.0. The third-order valence-corrected chi connectivity index (χ3v) is 6.18. The molecule has 2 atom stereocenters. The third-order valence-electron chi connectivity index (χ3n) is 3.55. The Morgan fingerprint density at radius 3 is 2.07 bits per heavy atom. The van der Waals surface area contributed by atoms with E-state index in [2.05, 4.69) is 5.32 Å². The van der Waals surface area contributed by atoms with Crippen molar-refractivity contribution in [3.63, 3.8) is 0 Å². The van der Waals surface area contributed by atoms with E-state index in [1.165, 1.54) is 0 Å². The predicted octanol–water partition coefficient (Wildman–Crippen LogP) is 1.09. The van der Waals surface area contributed by atoms with Crippen molar-refractivity contribution in [1.29, 1.82) is 0 Å². The minimum Gasteiger partial charge on any atom is -0.311 e. The van der Waals surface area contributed by atoms with Gasteiger partial charge in [0.05, 0.1) is 10.5 Å². The Morgan fingerprint density at radius 2 is 1.64 bits per heavy atom. The lowest BCUT2D eigenvalue weighted by Gasteiger charge is -2.29. The molecule has 0 saturated carbocycles. The SMILES string of the molecule is CC(C)S(=O)(=O)C1CC2CCC(C1)N2. The first kappa shape index (κ1) is 10.4. The lowest BCUT2D eigenvalue weighted by Crippen LogP contribution is -2.45. The zero-order chi connectivity index (χ0) is 10.3. The number of piperidine rings is 1. The highest BCUT2D eigenvalue weighted by molar-refractivity contribution is 7.92. The summed E-state index contributed by atoms with van der Waals surface area (Å²) in [6.07, 6.45) is 3.98. The van der Waals surface area contributed by atoms with Gasteiger partial charge in [-0.2, -0.15) is 0 Å². The number of rotatable bonds is 2. The average Bonchev–Trinajstić information content (AvgIpc) is 2.45. The molecule has 82 valence electrons. The van der Waals surface area contributed by atoms with Crippen molar-refractivity contribution < 1.29 is 8.42 Å². The van der Waals surface area contributed by atoms with E-state index in [1.807, 2.05) is 0 Å². The fourth-order valence-electron chi connectivity index (χ4n) is 2.66. The second kappa shape index (κ2) is 3.49. The highest BCUT2D eigenvalue weighted by Crippen LogP contribution is 2.31. The standard InChI is InChI=1S/C10H19NO2S/c1-7(2)14(12,13)10-5-8-3-4-9(6-10)11-8/h7-11H,3-6H2,1-2H3. The summed E-state index contributed by atoms with van der Waals surface area (Å²) in [5.74, 6) is 0. The molecule has 4 heteroatoms. The van der Waals surface area contributed by atoms with E-state index >= 15 is 0 Å². The molecule has 0 aromatic carbocycles. The van der Waals surface area contributed by atoms with Crippen LogP contribution in [0.25, 0.3) is 0 Å². The van der Waals surface area contributed by atoms with E-state index in [4.69, 9.17) is 0 Å². The second-order valence-electron chi connectivity index (χ2n) is 4.87. The van der Waals surface area contributed by atoms with Crippen LogP contribution >= 0.6 is 0 Å². The van der Waals surface area contributed by atoms with Crippen LogP contribution < -0.4 is 5.32 Å². The maximum Gasteiger partial charge on any atom is 0.155 e. The molecule has 0 aromatic heterocycles. The number of sulfone groups is 1. The van der Waals surface area contributed by atoms with Crippen molar-refractivity contribution in [3.8, 4) is 0 Å². The van der Waals surface area contributed by atoms with Crippen molar-refractivity contribution >= 4 is 9.84 Å². The first-order chi connectivity index (χ1) is 6.50. The van der Waals surface area contributed by atoms with Gasteiger partial charge < -0.3 is 5.32 Å². The highest BCUT2D eigenvalue weighted by Gasteiger charge is 2.40. The van der Waals surface area contributed by atoms with Crippen molar-refractivity contribution in [2.45, 2.75) is 62.1 Å². The van der Waals surface area contributed by atoms with Crippen LogP contribution in [0.2, 0.25) is 0 Å². The van der Waals surface area contributed by atoms with Gasteiger partial charge in [-0.3, -0.25) is 0 Å². The Bertz CT molecular complexity index is 298. The summed E-state index contributed by atoms with van der Waals surface area (Å²) < 4.78 is 24.0. The van der Waals surface area contributed by atoms with Crippen molar-refractivity contribution in [3.05, 3.63) is 0 Å². The van der Waals surface area contributed by atoms with Gasteiger partial charge in [-0.15, -0.1) is 0 Å². The van der Waals surface area contributed by atoms with Gasteiger partial charge in [-0.25, -0.2) is 8.42 Å². The van der Waals surface area contributed by atoms with Crippen LogP contribution in [0.15, 0.2) is 0 Å². The van der Waals surface area contributed by atoms with Gasteiger partial charge >= 0.3 is 0 Å². The van der Waals surface area contributed by atoms with Gasteiger partial charge in [0.1, 0.15) is 0 Å². The van der Waals surface area contributed by atoms with Crippen LogP contribution in [0.3, 0.4) is 0 Å². The van der Waals surface area contributed by atoms with Crippen molar-refractivity contribution in [2.75, 3.05) is 0 Å². The van der Waals surface area contributed by atoms with E-state index in [0.717, 1.165) is 25.7 Å². The quantitative estimate of drug-likeness (QED) is 0.753. The molecule has 2 heterocycles. The molecule has 2 bridgehead atoms. The molecular formula is C10H19NO2S. The fraction of sp³-hybridized carbons (Fsp3) is 1.00. The minimum atomic E-state index is -2.87. The number of hydrogen-bond acceptors (Lipinski definition) is 3. The predicted molar refractivity (Wildman–Crippen MR) is 57.0 cm³/mol. The van der Waals surface area contributed by atoms with Crippen LogP contribution in [0.5, 0.6) is 0 Å². The summed E-state index contributed by atoms with van der Waals surface area (Å²) in [5, 5.41) is 3.17. The van der Waals surface area contributed by atoms with E-state index in [1.54, 1.807) is 13.8 Å². The van der Waals surface area contributed by atoms with Gasteiger partial charge in [0.2, 0.25) is 0 Å². The lowest BCUT2D eigenvalue weighted by atomic mass is 10.1. The molecule has 2 unspecified atom stereocenters. The van der Waals surface area contributed by atoms with E-state index in [9.17, 15) is 8.42 Å². The Kier molecular flexibility index (Phi) is 2.60. The molecule has 0 radical (unpaired) electrons. The molecule has 0 amide bonds. The number of fused-ring (bicyclic) bond motifs is 2. The summed E-state index contributed by atoms with van der Waals surface area (Å²) in [5.41, 5.74) is 0. The molecule has 0 spiro atoms. The van der Waals surface area contributed by atoms with Crippen molar-refractivity contribution in [1.82, 2.24) is 5.32 Å². The van der Waals surface area contributed by atoms with Gasteiger partial charge in [0.15, 0.2) is 9.84 Å². The zero-order valence-corrected chi connectivity index (χ0v) is 9.68. The molecule has 0 aromatic rings. The second-order valence-corrected chi connectivity index (χ2v) is 7.66. The Balaban J connectivity index is 2.13.